The fourth-order valence-corrected chi connectivity index (χ4v) is 4.27. The normalized spacial score (nSPS) is 13.6. The lowest BCUT2D eigenvalue weighted by molar-refractivity contribution is -0.141. The summed E-state index contributed by atoms with van der Waals surface area (Å²) < 4.78 is 0. The molecule has 178 valence electrons. The third kappa shape index (κ3) is 7.63. The Kier molecular flexibility index (Phi) is 9.10. The molecule has 4 N–H and O–H groups in total. The number of hydrogen-bond acceptors (Lipinski definition) is 5. The van der Waals surface area contributed by atoms with Gasteiger partial charge in [0.05, 0.1) is 5.92 Å². The number of thiol groups is 1. The predicted octanol–water partition coefficient (Wildman–Crippen LogP) is 4.20. The number of anilines is 1. The zero-order chi connectivity index (χ0) is 24.5. The van der Waals surface area contributed by atoms with E-state index in [4.69, 9.17) is 5.73 Å². The number of benzene rings is 2. The third-order valence-electron chi connectivity index (χ3n) is 5.77. The van der Waals surface area contributed by atoms with Crippen molar-refractivity contribution >= 4 is 30.3 Å². The van der Waals surface area contributed by atoms with Crippen LogP contribution in [0, 0.1) is 5.92 Å². The van der Waals surface area contributed by atoms with Crippen LogP contribution in [0.2, 0.25) is 0 Å². The molecule has 3 atom stereocenters. The van der Waals surface area contributed by atoms with Crippen molar-refractivity contribution < 1.29 is 14.7 Å². The number of pyridine rings is 1. The Balaban J connectivity index is 1.56. The fraction of sp³-hybridized carbons (Fsp3) is 0.296. The molecule has 2 aromatic carbocycles. The molecule has 0 aliphatic carbocycles. The monoisotopic (exact) mass is 477 g/mol. The molecule has 6 nitrogen and oxygen atoms in total. The summed E-state index contributed by atoms with van der Waals surface area (Å²) in [6, 6.07) is 21.0. The highest BCUT2D eigenvalue weighted by Crippen LogP contribution is 2.22. The average Bonchev–Trinajstić information content (AvgIpc) is 2.82. The lowest BCUT2D eigenvalue weighted by Gasteiger charge is -2.20. The zero-order valence-electron chi connectivity index (χ0n) is 19.2. The van der Waals surface area contributed by atoms with Crippen molar-refractivity contribution in [3.8, 4) is 0 Å². The SMILES string of the molecule is CC(Cc1ccccc1)NC(=O)c1cccc(CCC(S)C(Cc2ccc(N)nc2)C(=O)O)c1. The number of nitrogens with two attached hydrogens (primary N) is 1. The first kappa shape index (κ1) is 25.3. The predicted molar refractivity (Wildman–Crippen MR) is 138 cm³/mol. The Bertz CT molecular complexity index is 1090. The van der Waals surface area contributed by atoms with Crippen LogP contribution < -0.4 is 11.1 Å². The first-order valence-electron chi connectivity index (χ1n) is 11.4. The van der Waals surface area contributed by atoms with Crippen LogP contribution in [0.5, 0.6) is 0 Å². The summed E-state index contributed by atoms with van der Waals surface area (Å²) in [4.78, 5) is 28.6. The topological polar surface area (TPSA) is 105 Å². The number of aliphatic carboxylic acids is 1. The molecule has 34 heavy (non-hydrogen) atoms. The maximum Gasteiger partial charge on any atom is 0.307 e. The number of rotatable bonds is 11. The molecule has 3 rings (SSSR count). The average molecular weight is 478 g/mol. The number of carboxylic acids is 1. The molecule has 1 amide bonds. The molecule has 0 fully saturated rings. The van der Waals surface area contributed by atoms with Crippen molar-refractivity contribution in [3.05, 3.63) is 95.2 Å². The summed E-state index contributed by atoms with van der Waals surface area (Å²) in [5.41, 5.74) is 9.16. The summed E-state index contributed by atoms with van der Waals surface area (Å²) in [6.45, 7) is 1.99. The molecule has 3 unspecified atom stereocenters. The third-order valence-corrected chi connectivity index (χ3v) is 6.38. The number of nitrogens with one attached hydrogen (secondary N) is 1. The molecule has 0 radical (unpaired) electrons. The van der Waals surface area contributed by atoms with Crippen LogP contribution in [0.3, 0.4) is 0 Å². The molecule has 7 heteroatoms. The Morgan fingerprint density at radius 3 is 2.41 bits per heavy atom. The van der Waals surface area contributed by atoms with E-state index in [-0.39, 0.29) is 17.2 Å². The molecule has 0 spiro atoms. The number of carbonyl (C=O) groups excluding carboxylic acids is 1. The highest BCUT2D eigenvalue weighted by molar-refractivity contribution is 7.81. The molecule has 1 heterocycles. The largest absolute Gasteiger partial charge is 0.481 e. The molecular weight excluding hydrogens is 446 g/mol. The van der Waals surface area contributed by atoms with Crippen molar-refractivity contribution in [2.75, 3.05) is 5.73 Å². The number of nitrogen functional groups attached to an aromatic ring is 1. The van der Waals surface area contributed by atoms with Crippen LogP contribution in [0.4, 0.5) is 5.82 Å². The Labute approximate surface area is 206 Å². The van der Waals surface area contributed by atoms with Gasteiger partial charge in [0, 0.05) is 23.1 Å². The summed E-state index contributed by atoms with van der Waals surface area (Å²) in [6.07, 6.45) is 3.88. The number of amides is 1. The van der Waals surface area contributed by atoms with Gasteiger partial charge in [-0.3, -0.25) is 9.59 Å². The molecular formula is C27H31N3O3S. The lowest BCUT2D eigenvalue weighted by Crippen LogP contribution is -2.34. The number of aryl methyl sites for hydroxylation is 1. The van der Waals surface area contributed by atoms with E-state index >= 15 is 0 Å². The van der Waals surface area contributed by atoms with E-state index in [0.717, 1.165) is 17.5 Å². The van der Waals surface area contributed by atoms with Crippen LogP contribution >= 0.6 is 12.6 Å². The van der Waals surface area contributed by atoms with Gasteiger partial charge in [-0.2, -0.15) is 12.6 Å². The van der Waals surface area contributed by atoms with E-state index in [0.29, 0.717) is 30.6 Å². The number of hydrogen-bond donors (Lipinski definition) is 4. The quantitative estimate of drug-likeness (QED) is 0.310. The minimum absolute atomic E-state index is 0.000436. The van der Waals surface area contributed by atoms with E-state index in [1.165, 1.54) is 5.56 Å². The minimum atomic E-state index is -0.891. The van der Waals surface area contributed by atoms with Crippen molar-refractivity contribution in [2.45, 2.75) is 43.9 Å². The molecule has 3 aromatic rings. The molecule has 0 bridgehead atoms. The van der Waals surface area contributed by atoms with Gasteiger partial charge in [0.1, 0.15) is 5.82 Å². The van der Waals surface area contributed by atoms with Crippen LogP contribution in [-0.4, -0.2) is 33.3 Å². The lowest BCUT2D eigenvalue weighted by atomic mass is 9.93. The first-order chi connectivity index (χ1) is 16.3. The van der Waals surface area contributed by atoms with Gasteiger partial charge in [-0.25, -0.2) is 4.98 Å². The Hall–Kier alpha value is -3.32. The summed E-state index contributed by atoms with van der Waals surface area (Å²) >= 11 is 4.60. The van der Waals surface area contributed by atoms with Crippen molar-refractivity contribution in [2.24, 2.45) is 5.92 Å². The van der Waals surface area contributed by atoms with E-state index in [1.54, 1.807) is 24.4 Å². The summed E-state index contributed by atoms with van der Waals surface area (Å²) in [5.74, 6) is -1.26. The minimum Gasteiger partial charge on any atom is -0.481 e. The van der Waals surface area contributed by atoms with Gasteiger partial charge >= 0.3 is 5.97 Å². The van der Waals surface area contributed by atoms with Crippen LogP contribution in [0.1, 0.15) is 40.4 Å². The van der Waals surface area contributed by atoms with E-state index in [1.807, 2.05) is 55.5 Å². The second-order valence-electron chi connectivity index (χ2n) is 8.61. The van der Waals surface area contributed by atoms with Gasteiger partial charge < -0.3 is 16.2 Å². The van der Waals surface area contributed by atoms with E-state index in [2.05, 4.69) is 22.9 Å². The van der Waals surface area contributed by atoms with Crippen molar-refractivity contribution in [3.63, 3.8) is 0 Å². The molecule has 0 saturated heterocycles. The standard InChI is InChI=1S/C27H31N3O3S/c1-18(14-19-6-3-2-4-7-19)30-26(31)22-9-5-8-20(15-22)10-12-24(34)23(27(32)33)16-21-11-13-25(28)29-17-21/h2-9,11,13,15,17-18,23-24,34H,10,12,14,16H2,1H3,(H2,28,29)(H,30,31)(H,32,33). The number of carbonyl (C=O) groups is 2. The zero-order valence-corrected chi connectivity index (χ0v) is 20.1. The Morgan fingerprint density at radius 1 is 1.00 bits per heavy atom. The number of nitrogens with zero attached hydrogens (tertiary/aromatic N) is 1. The van der Waals surface area contributed by atoms with Crippen LogP contribution in [0.15, 0.2) is 72.9 Å². The smallest absolute Gasteiger partial charge is 0.307 e. The second kappa shape index (κ2) is 12.2. The number of carboxylic acid groups (broad SMARTS) is 1. The molecule has 0 saturated carbocycles. The maximum absolute atomic E-state index is 12.7. The van der Waals surface area contributed by atoms with E-state index in [9.17, 15) is 14.7 Å². The van der Waals surface area contributed by atoms with Crippen LogP contribution in [0.25, 0.3) is 0 Å². The molecule has 0 aliphatic rings. The molecule has 0 aliphatic heterocycles. The van der Waals surface area contributed by atoms with Crippen LogP contribution in [-0.2, 0) is 24.1 Å². The van der Waals surface area contributed by atoms with Gasteiger partial charge in [0.25, 0.3) is 5.91 Å². The van der Waals surface area contributed by atoms with Gasteiger partial charge in [-0.05, 0) is 67.5 Å². The fourth-order valence-electron chi connectivity index (χ4n) is 3.91. The first-order valence-corrected chi connectivity index (χ1v) is 11.9. The number of aromatic nitrogens is 1. The Morgan fingerprint density at radius 2 is 1.74 bits per heavy atom. The summed E-state index contributed by atoms with van der Waals surface area (Å²) in [5, 5.41) is 12.4. The van der Waals surface area contributed by atoms with Gasteiger partial charge in [0.2, 0.25) is 0 Å². The van der Waals surface area contributed by atoms with Crippen molar-refractivity contribution in [1.29, 1.82) is 0 Å². The highest BCUT2D eigenvalue weighted by atomic mass is 32.1. The van der Waals surface area contributed by atoms with Gasteiger partial charge in [-0.15, -0.1) is 0 Å². The van der Waals surface area contributed by atoms with Gasteiger partial charge in [0.15, 0.2) is 0 Å². The van der Waals surface area contributed by atoms with Gasteiger partial charge in [-0.1, -0.05) is 48.5 Å². The maximum atomic E-state index is 12.7. The van der Waals surface area contributed by atoms with E-state index < -0.39 is 11.9 Å². The summed E-state index contributed by atoms with van der Waals surface area (Å²) in [7, 11) is 0. The van der Waals surface area contributed by atoms with Crippen molar-refractivity contribution in [1.82, 2.24) is 10.3 Å². The molecule has 1 aromatic heterocycles. The second-order valence-corrected chi connectivity index (χ2v) is 9.27. The highest BCUT2D eigenvalue weighted by Gasteiger charge is 2.26.